The zero-order chi connectivity index (χ0) is 33.1. The molecule has 7 rings (SSSR count). The molecule has 0 fully saturated rings. The van der Waals surface area contributed by atoms with Gasteiger partial charge in [-0.2, -0.15) is 9.67 Å². The number of unbranched alkanes of at least 4 members (excludes halogenated alkanes) is 1. The first-order valence-corrected chi connectivity index (χ1v) is 17.9. The maximum atomic E-state index is 4.96. The van der Waals surface area contributed by atoms with Gasteiger partial charge >= 0.3 is 0 Å². The van der Waals surface area contributed by atoms with Crippen LogP contribution in [0.3, 0.4) is 0 Å². The number of nitrogens with zero attached hydrogens (tertiary/aromatic N) is 4. The third kappa shape index (κ3) is 5.68. The van der Waals surface area contributed by atoms with Crippen molar-refractivity contribution >= 4 is 17.5 Å². The molecule has 4 heterocycles. The van der Waals surface area contributed by atoms with E-state index in [1.54, 1.807) is 0 Å². The smallest absolute Gasteiger partial charge is 0.213 e. The van der Waals surface area contributed by atoms with Crippen molar-refractivity contribution in [3.63, 3.8) is 0 Å². The van der Waals surface area contributed by atoms with Gasteiger partial charge in [0.05, 0.1) is 22.7 Å². The van der Waals surface area contributed by atoms with E-state index in [-0.39, 0.29) is 11.5 Å². The van der Waals surface area contributed by atoms with E-state index in [1.807, 2.05) is 0 Å². The van der Waals surface area contributed by atoms with E-state index in [0.717, 1.165) is 37.8 Å². The predicted octanol–water partition coefficient (Wildman–Crippen LogP) is 9.76. The molecule has 0 saturated carbocycles. The van der Waals surface area contributed by atoms with Crippen molar-refractivity contribution in [2.75, 3.05) is 5.01 Å². The Hall–Kier alpha value is -4.83. The molecule has 0 radical (unpaired) electrons. The summed E-state index contributed by atoms with van der Waals surface area (Å²) in [5.74, 6) is 0.163. The molecule has 0 spiro atoms. The molecule has 5 aromatic rings. The van der Waals surface area contributed by atoms with E-state index in [0.29, 0.717) is 0 Å². The van der Waals surface area contributed by atoms with Crippen LogP contribution in [0.2, 0.25) is 0 Å². The molecule has 2 aromatic heterocycles. The highest BCUT2D eigenvalue weighted by atomic mass is 15.4. The Balaban J connectivity index is 1.47. The first-order valence-electron chi connectivity index (χ1n) is 17.9. The number of anilines is 1. The van der Waals surface area contributed by atoms with Crippen LogP contribution in [0.4, 0.5) is 5.69 Å². The van der Waals surface area contributed by atoms with Crippen molar-refractivity contribution in [2.24, 2.45) is 12.1 Å². The van der Waals surface area contributed by atoms with Crippen LogP contribution in [0.1, 0.15) is 87.5 Å². The highest BCUT2D eigenvalue weighted by molar-refractivity contribution is 5.78. The summed E-state index contributed by atoms with van der Waals surface area (Å²) in [6.45, 7) is 7.04. The number of aryl methyl sites for hydroxylation is 2. The molecule has 2 aliphatic rings. The van der Waals surface area contributed by atoms with Gasteiger partial charge in [0.2, 0.25) is 11.4 Å². The van der Waals surface area contributed by atoms with Gasteiger partial charge in [0.1, 0.15) is 7.05 Å². The first-order chi connectivity index (χ1) is 23.6. The van der Waals surface area contributed by atoms with Crippen molar-refractivity contribution < 1.29 is 9.13 Å². The van der Waals surface area contributed by atoms with Crippen molar-refractivity contribution in [1.82, 2.24) is 0 Å². The Kier molecular flexibility index (Phi) is 9.08. The van der Waals surface area contributed by atoms with E-state index in [9.17, 15) is 0 Å². The summed E-state index contributed by atoms with van der Waals surface area (Å²) in [6, 6.07) is 38.4. The summed E-state index contributed by atoms with van der Waals surface area (Å²) in [5.41, 5.74) is 12.9. The Morgan fingerprint density at radius 2 is 1.54 bits per heavy atom. The van der Waals surface area contributed by atoms with E-state index in [1.165, 1.54) is 63.2 Å². The molecule has 0 bridgehead atoms. The quantitative estimate of drug-likeness (QED) is 0.148. The summed E-state index contributed by atoms with van der Waals surface area (Å²) in [6.07, 6.45) is 16.2. The normalized spacial score (nSPS) is 16.5. The fourth-order valence-corrected chi connectivity index (χ4v) is 8.14. The lowest BCUT2D eigenvalue weighted by Gasteiger charge is -2.41. The molecular weight excluding hydrogens is 585 g/mol. The van der Waals surface area contributed by atoms with Crippen LogP contribution in [0, 0.1) is 0 Å². The zero-order valence-corrected chi connectivity index (χ0v) is 28.9. The molecule has 4 nitrogen and oxygen atoms in total. The minimum absolute atomic E-state index is 0.127. The standard InChI is InChI=1S/C44H48N4/c1-5-8-17-33-23-25-37-40(30-33)43(44(6-2,7-3)47-29-15-13-22-42(37)47)38-26-24-36(31-39(38)41-21-12-14-28-46(41)4)48-32-35(20-16-27-45-48)34-18-10-9-11-19-34/h9-15,18-19,21-32,43H,5-8,16-17,20H2,1-4H3/q+2. The number of hydrazone groups is 1. The van der Waals surface area contributed by atoms with Crippen LogP contribution in [-0.2, 0) is 19.0 Å². The third-order valence-corrected chi connectivity index (χ3v) is 10.7. The molecular formula is C44H48N4+2. The number of aromatic nitrogens is 2. The number of benzene rings is 3. The Labute approximate surface area is 286 Å². The van der Waals surface area contributed by atoms with Crippen molar-refractivity contribution in [1.29, 1.82) is 0 Å². The second-order valence-corrected chi connectivity index (χ2v) is 13.4. The number of allylic oxidation sites excluding steroid dienone is 1. The van der Waals surface area contributed by atoms with Crippen LogP contribution in [0.15, 0.2) is 127 Å². The maximum Gasteiger partial charge on any atom is 0.213 e. The summed E-state index contributed by atoms with van der Waals surface area (Å²) in [7, 11) is 2.16. The van der Waals surface area contributed by atoms with Gasteiger partial charge in [-0.05, 0) is 83.8 Å². The molecule has 242 valence electrons. The lowest BCUT2D eigenvalue weighted by molar-refractivity contribution is -0.761. The van der Waals surface area contributed by atoms with Gasteiger partial charge in [0, 0.05) is 49.5 Å². The molecule has 1 unspecified atom stereocenters. The molecule has 1 atom stereocenters. The lowest BCUT2D eigenvalue weighted by Crippen LogP contribution is -2.62. The Bertz CT molecular complexity index is 1970. The van der Waals surface area contributed by atoms with E-state index < -0.39 is 0 Å². The summed E-state index contributed by atoms with van der Waals surface area (Å²) >= 11 is 0. The van der Waals surface area contributed by atoms with Crippen LogP contribution in [0.25, 0.3) is 28.1 Å². The molecule has 3 aromatic carbocycles. The van der Waals surface area contributed by atoms with Gasteiger partial charge in [0.15, 0.2) is 17.9 Å². The van der Waals surface area contributed by atoms with Gasteiger partial charge in [-0.15, -0.1) is 0 Å². The molecule has 0 N–H and O–H groups in total. The number of hydrogen-bond acceptors (Lipinski definition) is 2. The average Bonchev–Trinajstić information content (AvgIpc) is 3.40. The summed E-state index contributed by atoms with van der Waals surface area (Å²) in [5, 5.41) is 7.04. The second-order valence-electron chi connectivity index (χ2n) is 13.4. The second kappa shape index (κ2) is 13.7. The van der Waals surface area contributed by atoms with E-state index in [2.05, 4.69) is 170 Å². The number of rotatable bonds is 9. The van der Waals surface area contributed by atoms with Crippen LogP contribution < -0.4 is 14.1 Å². The van der Waals surface area contributed by atoms with E-state index in [4.69, 9.17) is 5.10 Å². The fourth-order valence-electron chi connectivity index (χ4n) is 8.14. The van der Waals surface area contributed by atoms with Crippen molar-refractivity contribution in [2.45, 2.75) is 77.2 Å². The molecule has 4 heteroatoms. The van der Waals surface area contributed by atoms with E-state index >= 15 is 0 Å². The van der Waals surface area contributed by atoms with Crippen molar-refractivity contribution in [3.8, 4) is 22.5 Å². The maximum absolute atomic E-state index is 4.96. The molecule has 0 saturated heterocycles. The zero-order valence-electron chi connectivity index (χ0n) is 28.9. The highest BCUT2D eigenvalue weighted by Crippen LogP contribution is 2.51. The Morgan fingerprint density at radius 3 is 2.31 bits per heavy atom. The van der Waals surface area contributed by atoms with Gasteiger partial charge in [0.25, 0.3) is 0 Å². The molecule has 0 amide bonds. The summed E-state index contributed by atoms with van der Waals surface area (Å²) < 4.78 is 4.87. The Morgan fingerprint density at radius 1 is 0.771 bits per heavy atom. The lowest BCUT2D eigenvalue weighted by atomic mass is 9.66. The minimum atomic E-state index is -0.127. The molecule has 48 heavy (non-hydrogen) atoms. The molecule has 0 aliphatic carbocycles. The SMILES string of the molecule is CCCCc1ccc2c(c1)C(c1ccc(N3C=C(c4ccccc4)CCC=N3)cc1-c1cccc[n+]1C)C(CC)(CC)[n+]1ccccc1-2. The van der Waals surface area contributed by atoms with Gasteiger partial charge in [-0.25, -0.2) is 9.58 Å². The van der Waals surface area contributed by atoms with Gasteiger partial charge in [-0.1, -0.05) is 75.7 Å². The third-order valence-electron chi connectivity index (χ3n) is 10.7. The first kappa shape index (κ1) is 31.8. The number of hydrogen-bond donors (Lipinski definition) is 0. The number of fused-ring (bicyclic) bond motifs is 3. The summed E-state index contributed by atoms with van der Waals surface area (Å²) in [4.78, 5) is 0. The fraction of sp³-hybridized carbons (Fsp3) is 0.295. The number of pyridine rings is 2. The van der Waals surface area contributed by atoms with Gasteiger partial charge < -0.3 is 0 Å². The topological polar surface area (TPSA) is 23.4 Å². The molecule has 2 aliphatic heterocycles. The monoisotopic (exact) mass is 632 g/mol. The van der Waals surface area contributed by atoms with Crippen LogP contribution in [0.5, 0.6) is 0 Å². The predicted molar refractivity (Wildman–Crippen MR) is 199 cm³/mol. The minimum Gasteiger partial charge on any atom is -0.241 e. The van der Waals surface area contributed by atoms with Crippen molar-refractivity contribution in [3.05, 3.63) is 144 Å². The van der Waals surface area contributed by atoms with Crippen LogP contribution in [-0.4, -0.2) is 6.21 Å². The van der Waals surface area contributed by atoms with Gasteiger partial charge in [-0.3, -0.25) is 0 Å². The highest BCUT2D eigenvalue weighted by Gasteiger charge is 2.52. The largest absolute Gasteiger partial charge is 0.241 e. The van der Waals surface area contributed by atoms with Crippen LogP contribution >= 0.6 is 0 Å². The average molecular weight is 633 g/mol.